The van der Waals surface area contributed by atoms with E-state index in [4.69, 9.17) is 0 Å². The first-order chi connectivity index (χ1) is 14.6. The lowest BCUT2D eigenvalue weighted by Crippen LogP contribution is -2.49. The van der Waals surface area contributed by atoms with Gasteiger partial charge in [0.25, 0.3) is 5.56 Å². The summed E-state index contributed by atoms with van der Waals surface area (Å²) in [6.07, 6.45) is 5.40. The lowest BCUT2D eigenvalue weighted by molar-refractivity contribution is -0.132. The number of pyridine rings is 1. The molecular formula is C22H20N6O2. The van der Waals surface area contributed by atoms with E-state index in [1.54, 1.807) is 36.7 Å². The highest BCUT2D eigenvalue weighted by atomic mass is 16.2. The zero-order valence-corrected chi connectivity index (χ0v) is 16.3. The molecule has 0 unspecified atom stereocenters. The largest absolute Gasteiger partial charge is 0.339 e. The number of nitriles is 1. The van der Waals surface area contributed by atoms with Crippen LogP contribution in [0.15, 0.2) is 41.5 Å². The molecule has 8 nitrogen and oxygen atoms in total. The van der Waals surface area contributed by atoms with Gasteiger partial charge in [-0.3, -0.25) is 9.59 Å². The monoisotopic (exact) mass is 400 g/mol. The maximum absolute atomic E-state index is 12.4. The van der Waals surface area contributed by atoms with Gasteiger partial charge in [-0.25, -0.2) is 9.97 Å². The zero-order valence-electron chi connectivity index (χ0n) is 16.3. The Morgan fingerprint density at radius 1 is 1.10 bits per heavy atom. The Labute approximate surface area is 172 Å². The Bertz CT molecular complexity index is 1220. The molecule has 2 fully saturated rings. The van der Waals surface area contributed by atoms with E-state index < -0.39 is 0 Å². The molecule has 1 aliphatic heterocycles. The van der Waals surface area contributed by atoms with Gasteiger partial charge in [-0.2, -0.15) is 5.26 Å². The summed E-state index contributed by atoms with van der Waals surface area (Å²) in [4.78, 5) is 40.4. The number of rotatable bonds is 3. The number of benzene rings is 1. The number of anilines is 1. The summed E-state index contributed by atoms with van der Waals surface area (Å²) in [7, 11) is 0. The van der Waals surface area contributed by atoms with Crippen LogP contribution in [-0.4, -0.2) is 51.9 Å². The third kappa shape index (κ3) is 3.28. The van der Waals surface area contributed by atoms with Crippen LogP contribution >= 0.6 is 0 Å². The van der Waals surface area contributed by atoms with Crippen LogP contribution in [0.1, 0.15) is 18.4 Å². The molecule has 3 heterocycles. The van der Waals surface area contributed by atoms with Crippen LogP contribution in [0, 0.1) is 17.2 Å². The fourth-order valence-electron chi connectivity index (χ4n) is 3.88. The van der Waals surface area contributed by atoms with E-state index >= 15 is 0 Å². The molecule has 1 N–H and O–H groups in total. The second kappa shape index (κ2) is 7.26. The molecule has 150 valence electrons. The molecule has 1 aliphatic carbocycles. The minimum atomic E-state index is -0.250. The number of aromatic nitrogens is 3. The van der Waals surface area contributed by atoms with E-state index in [9.17, 15) is 14.9 Å². The Balaban J connectivity index is 1.36. The van der Waals surface area contributed by atoms with E-state index in [-0.39, 0.29) is 17.4 Å². The van der Waals surface area contributed by atoms with Gasteiger partial charge in [0.05, 0.1) is 17.3 Å². The fraction of sp³-hybridized carbons (Fsp3) is 0.318. The molecule has 2 aromatic heterocycles. The van der Waals surface area contributed by atoms with Crippen molar-refractivity contribution in [1.29, 1.82) is 5.26 Å². The average Bonchev–Trinajstić information content (AvgIpc) is 3.64. The molecule has 0 radical (unpaired) electrons. The molecule has 3 aromatic rings. The van der Waals surface area contributed by atoms with Crippen molar-refractivity contribution < 1.29 is 4.79 Å². The van der Waals surface area contributed by atoms with E-state index in [1.165, 1.54) is 0 Å². The number of aromatic amines is 1. The Morgan fingerprint density at radius 3 is 2.50 bits per heavy atom. The number of carbonyl (C=O) groups excluding carboxylic acids is 1. The first-order valence-electron chi connectivity index (χ1n) is 10.1. The van der Waals surface area contributed by atoms with Crippen LogP contribution in [0.3, 0.4) is 0 Å². The van der Waals surface area contributed by atoms with Gasteiger partial charge >= 0.3 is 0 Å². The molecule has 1 saturated heterocycles. The molecule has 0 atom stereocenters. The van der Waals surface area contributed by atoms with Crippen molar-refractivity contribution in [1.82, 2.24) is 19.9 Å². The van der Waals surface area contributed by atoms with Crippen LogP contribution in [0.2, 0.25) is 0 Å². The van der Waals surface area contributed by atoms with Gasteiger partial charge in [0.2, 0.25) is 11.9 Å². The standard InChI is InChI=1S/C22H20N6O2/c23-11-15-2-1-3-17-18(15)10-19(26-20(17)29)16-12-24-22(25-13-16)28-8-6-27(7-9-28)21(30)14-4-5-14/h1-3,10,12-14H,4-9H2,(H,26,29). The van der Waals surface area contributed by atoms with Gasteiger partial charge in [0.15, 0.2) is 0 Å². The quantitative estimate of drug-likeness (QED) is 0.720. The van der Waals surface area contributed by atoms with Gasteiger partial charge in [-0.05, 0) is 31.0 Å². The Morgan fingerprint density at radius 2 is 1.83 bits per heavy atom. The third-order valence-corrected chi connectivity index (χ3v) is 5.76. The fourth-order valence-corrected chi connectivity index (χ4v) is 3.88. The number of nitrogens with zero attached hydrogens (tertiary/aromatic N) is 5. The highest BCUT2D eigenvalue weighted by Gasteiger charge is 2.34. The summed E-state index contributed by atoms with van der Waals surface area (Å²) in [5, 5.41) is 10.4. The topological polar surface area (TPSA) is 106 Å². The Hall–Kier alpha value is -3.73. The molecule has 1 aromatic carbocycles. The average molecular weight is 400 g/mol. The summed E-state index contributed by atoms with van der Waals surface area (Å²) < 4.78 is 0. The van der Waals surface area contributed by atoms with Crippen molar-refractivity contribution in [3.05, 3.63) is 52.6 Å². The number of hydrogen-bond acceptors (Lipinski definition) is 6. The summed E-state index contributed by atoms with van der Waals surface area (Å²) in [5.41, 5.74) is 1.45. The van der Waals surface area contributed by atoms with Crippen molar-refractivity contribution in [3.8, 4) is 17.3 Å². The maximum Gasteiger partial charge on any atom is 0.256 e. The second-order valence-corrected chi connectivity index (χ2v) is 7.75. The highest BCUT2D eigenvalue weighted by Crippen LogP contribution is 2.31. The lowest BCUT2D eigenvalue weighted by Gasteiger charge is -2.34. The molecule has 8 heteroatoms. The smallest absolute Gasteiger partial charge is 0.256 e. The van der Waals surface area contributed by atoms with Crippen molar-refractivity contribution in [2.45, 2.75) is 12.8 Å². The van der Waals surface area contributed by atoms with E-state index in [1.807, 2.05) is 4.90 Å². The predicted octanol–water partition coefficient (Wildman–Crippen LogP) is 1.92. The molecular weight excluding hydrogens is 380 g/mol. The molecule has 2 aliphatic rings. The number of carbonyl (C=O) groups is 1. The first kappa shape index (κ1) is 18.3. The number of amides is 1. The predicted molar refractivity (Wildman–Crippen MR) is 112 cm³/mol. The number of H-pyrrole nitrogens is 1. The molecule has 1 saturated carbocycles. The van der Waals surface area contributed by atoms with Gasteiger partial charge in [0, 0.05) is 60.8 Å². The number of fused-ring (bicyclic) bond motifs is 1. The molecule has 0 bridgehead atoms. The van der Waals surface area contributed by atoms with Crippen LogP contribution in [0.5, 0.6) is 0 Å². The van der Waals surface area contributed by atoms with Gasteiger partial charge < -0.3 is 14.8 Å². The normalized spacial score (nSPS) is 16.5. The van der Waals surface area contributed by atoms with Crippen LogP contribution in [-0.2, 0) is 4.79 Å². The van der Waals surface area contributed by atoms with Crippen molar-refractivity contribution in [2.24, 2.45) is 5.92 Å². The summed E-state index contributed by atoms with van der Waals surface area (Å²) >= 11 is 0. The first-order valence-corrected chi connectivity index (χ1v) is 10.1. The molecule has 5 rings (SSSR count). The molecule has 0 spiro atoms. The summed E-state index contributed by atoms with van der Waals surface area (Å²) in [6, 6.07) is 9.01. The second-order valence-electron chi connectivity index (χ2n) is 7.75. The van der Waals surface area contributed by atoms with Crippen molar-refractivity contribution in [2.75, 3.05) is 31.1 Å². The van der Waals surface area contributed by atoms with Gasteiger partial charge in [-0.1, -0.05) is 6.07 Å². The van der Waals surface area contributed by atoms with Crippen LogP contribution in [0.25, 0.3) is 22.0 Å². The van der Waals surface area contributed by atoms with E-state index in [0.29, 0.717) is 59.7 Å². The molecule has 1 amide bonds. The van der Waals surface area contributed by atoms with Crippen LogP contribution < -0.4 is 10.5 Å². The summed E-state index contributed by atoms with van der Waals surface area (Å²) in [5.74, 6) is 1.14. The highest BCUT2D eigenvalue weighted by molar-refractivity contribution is 5.89. The van der Waals surface area contributed by atoms with E-state index in [2.05, 4.69) is 25.9 Å². The zero-order chi connectivity index (χ0) is 20.7. The Kier molecular flexibility index (Phi) is 4.43. The molecule has 30 heavy (non-hydrogen) atoms. The SMILES string of the molecule is N#Cc1cccc2c(=O)[nH]c(-c3cnc(N4CCN(C(=O)C5CC5)CC4)nc3)cc12. The van der Waals surface area contributed by atoms with Gasteiger partial charge in [0.1, 0.15) is 0 Å². The lowest BCUT2D eigenvalue weighted by atomic mass is 10.0. The third-order valence-electron chi connectivity index (χ3n) is 5.76. The van der Waals surface area contributed by atoms with Crippen molar-refractivity contribution >= 4 is 22.6 Å². The summed E-state index contributed by atoms with van der Waals surface area (Å²) in [6.45, 7) is 2.79. The van der Waals surface area contributed by atoms with Crippen molar-refractivity contribution in [3.63, 3.8) is 0 Å². The van der Waals surface area contributed by atoms with Gasteiger partial charge in [-0.15, -0.1) is 0 Å². The van der Waals surface area contributed by atoms with E-state index in [0.717, 1.165) is 12.8 Å². The number of hydrogen-bond donors (Lipinski definition) is 1. The minimum Gasteiger partial charge on any atom is -0.339 e. The number of nitrogens with one attached hydrogen (secondary N) is 1. The van der Waals surface area contributed by atoms with Crippen LogP contribution in [0.4, 0.5) is 5.95 Å². The maximum atomic E-state index is 12.4. The minimum absolute atomic E-state index is 0.248. The number of piperazine rings is 1.